The van der Waals surface area contributed by atoms with Gasteiger partial charge in [0.2, 0.25) is 11.7 Å². The molecule has 0 bridgehead atoms. The van der Waals surface area contributed by atoms with Gasteiger partial charge >= 0.3 is 5.92 Å². The average molecular weight is 344 g/mol. The molecule has 2 N–H and O–H groups in total. The number of primary amides is 1. The molecule has 0 unspecified atom stereocenters. The van der Waals surface area contributed by atoms with Gasteiger partial charge in [-0.25, -0.2) is 4.98 Å². The summed E-state index contributed by atoms with van der Waals surface area (Å²) in [5.41, 5.74) is 6.06. The van der Waals surface area contributed by atoms with Gasteiger partial charge in [0.1, 0.15) is 11.3 Å². The molecule has 0 atom stereocenters. The highest BCUT2D eigenvalue weighted by molar-refractivity contribution is 5.94. The third-order valence-corrected chi connectivity index (χ3v) is 3.10. The topological polar surface area (TPSA) is 102 Å². The number of nitrogens with two attached hydrogens (primary N) is 1. The molecule has 0 saturated heterocycles. The number of halogens is 2. The average Bonchev–Trinajstić information content (AvgIpc) is 2.54. The summed E-state index contributed by atoms with van der Waals surface area (Å²) in [7, 11) is 0. The third-order valence-electron chi connectivity index (χ3n) is 3.10. The summed E-state index contributed by atoms with van der Waals surface area (Å²) in [6, 6.07) is 8.46. The minimum Gasteiger partial charge on any atom is -0.438 e. The van der Waals surface area contributed by atoms with Crippen molar-refractivity contribution in [1.82, 2.24) is 9.97 Å². The van der Waals surface area contributed by atoms with Crippen LogP contribution in [0.25, 0.3) is 0 Å². The minimum absolute atomic E-state index is 0.222. The highest BCUT2D eigenvalue weighted by atomic mass is 19.3. The molecule has 25 heavy (non-hydrogen) atoms. The van der Waals surface area contributed by atoms with E-state index in [-0.39, 0.29) is 17.2 Å². The van der Waals surface area contributed by atoms with Crippen molar-refractivity contribution in [1.29, 1.82) is 5.26 Å². The summed E-state index contributed by atoms with van der Waals surface area (Å²) < 4.78 is 32.3. The zero-order valence-corrected chi connectivity index (χ0v) is 13.3. The molecule has 0 spiro atoms. The number of allylic oxidation sites excluding steroid dienone is 1. The molecule has 2 rings (SSSR count). The van der Waals surface area contributed by atoms with Crippen LogP contribution in [-0.4, -0.2) is 15.9 Å². The highest BCUT2D eigenvalue weighted by Crippen LogP contribution is 2.29. The van der Waals surface area contributed by atoms with E-state index in [4.69, 9.17) is 15.7 Å². The first-order chi connectivity index (χ1) is 11.7. The van der Waals surface area contributed by atoms with Gasteiger partial charge in [-0.15, -0.1) is 0 Å². The van der Waals surface area contributed by atoms with Crippen LogP contribution >= 0.6 is 0 Å². The number of benzene rings is 1. The van der Waals surface area contributed by atoms with E-state index in [1.165, 1.54) is 0 Å². The van der Waals surface area contributed by atoms with Gasteiger partial charge in [0.15, 0.2) is 0 Å². The van der Waals surface area contributed by atoms with Crippen LogP contribution in [0.3, 0.4) is 0 Å². The third kappa shape index (κ3) is 4.57. The van der Waals surface area contributed by atoms with E-state index in [9.17, 15) is 13.6 Å². The Kier molecular flexibility index (Phi) is 5.08. The van der Waals surface area contributed by atoms with E-state index in [2.05, 4.69) is 16.5 Å². The van der Waals surface area contributed by atoms with E-state index in [0.29, 0.717) is 18.9 Å². The molecule has 6 nitrogen and oxygen atoms in total. The number of amides is 1. The summed E-state index contributed by atoms with van der Waals surface area (Å²) >= 11 is 0. The molecule has 0 aliphatic rings. The van der Waals surface area contributed by atoms with Gasteiger partial charge < -0.3 is 10.5 Å². The lowest BCUT2D eigenvalue weighted by molar-refractivity contribution is 0.00709. The smallest absolute Gasteiger partial charge is 0.303 e. The van der Waals surface area contributed by atoms with Crippen LogP contribution in [0.15, 0.2) is 42.6 Å². The second kappa shape index (κ2) is 7.05. The summed E-state index contributed by atoms with van der Waals surface area (Å²) in [6.07, 6.45) is 1.21. The van der Waals surface area contributed by atoms with E-state index in [0.717, 1.165) is 11.8 Å². The number of carbonyl (C=O) groups excluding carboxylic acids is 1. The highest BCUT2D eigenvalue weighted by Gasteiger charge is 2.30. The van der Waals surface area contributed by atoms with E-state index in [1.807, 2.05) is 6.07 Å². The maximum Gasteiger partial charge on any atom is 0.303 e. The van der Waals surface area contributed by atoms with Gasteiger partial charge in [-0.2, -0.15) is 19.0 Å². The number of rotatable bonds is 6. The summed E-state index contributed by atoms with van der Waals surface area (Å²) in [4.78, 5) is 18.5. The lowest BCUT2D eigenvalue weighted by Crippen LogP contribution is -2.18. The molecule has 1 heterocycles. The zero-order valence-electron chi connectivity index (χ0n) is 13.3. The first-order valence-corrected chi connectivity index (χ1v) is 7.10. The van der Waals surface area contributed by atoms with Crippen LogP contribution in [0.5, 0.6) is 11.6 Å². The van der Waals surface area contributed by atoms with E-state index in [1.54, 1.807) is 24.3 Å². The predicted octanol–water partition coefficient (Wildman–Crippen LogP) is 3.10. The largest absolute Gasteiger partial charge is 0.438 e. The Bertz CT molecular complexity index is 870. The lowest BCUT2D eigenvalue weighted by Gasteiger charge is -2.13. The van der Waals surface area contributed by atoms with Gasteiger partial charge in [-0.1, -0.05) is 18.7 Å². The number of nitriles is 1. The maximum atomic E-state index is 13.4. The Morgan fingerprint density at radius 3 is 2.80 bits per heavy atom. The molecule has 128 valence electrons. The predicted molar refractivity (Wildman–Crippen MR) is 85.1 cm³/mol. The molecular formula is C17H14F2N4O2. The molecular weight excluding hydrogens is 330 g/mol. The molecule has 0 radical (unpaired) electrons. The first-order valence-electron chi connectivity index (χ1n) is 7.10. The summed E-state index contributed by atoms with van der Waals surface area (Å²) in [5, 5.41) is 8.78. The van der Waals surface area contributed by atoms with Crippen LogP contribution < -0.4 is 10.5 Å². The second-order valence-corrected chi connectivity index (χ2v) is 5.31. The number of nitrogens with zero attached hydrogens (tertiary/aromatic N) is 3. The van der Waals surface area contributed by atoms with Gasteiger partial charge in [0.05, 0.1) is 6.07 Å². The van der Waals surface area contributed by atoms with Gasteiger partial charge in [0, 0.05) is 25.1 Å². The number of aromatic nitrogens is 2. The van der Waals surface area contributed by atoms with Crippen molar-refractivity contribution >= 4 is 5.91 Å². The molecule has 1 amide bonds. The summed E-state index contributed by atoms with van der Waals surface area (Å²) in [5.74, 6) is -5.12. The quantitative estimate of drug-likeness (QED) is 0.811. The molecule has 0 saturated carbocycles. The minimum atomic E-state index is -3.30. The Morgan fingerprint density at radius 1 is 1.48 bits per heavy atom. The number of carbonyl (C=O) groups is 1. The zero-order chi connectivity index (χ0) is 18.6. The van der Waals surface area contributed by atoms with Crippen molar-refractivity contribution in [2.24, 2.45) is 5.73 Å². The van der Waals surface area contributed by atoms with Crippen LogP contribution in [0, 0.1) is 11.3 Å². The van der Waals surface area contributed by atoms with Crippen molar-refractivity contribution in [3.8, 4) is 17.7 Å². The molecule has 1 aromatic heterocycles. The van der Waals surface area contributed by atoms with Crippen molar-refractivity contribution < 1.29 is 18.3 Å². The Morgan fingerprint density at radius 2 is 2.20 bits per heavy atom. The monoisotopic (exact) mass is 344 g/mol. The second-order valence-electron chi connectivity index (χ2n) is 5.31. The summed E-state index contributed by atoms with van der Waals surface area (Å²) in [6.45, 7) is 4.22. The number of hydrogen-bond donors (Lipinski definition) is 1. The Hall–Kier alpha value is -3.34. The van der Waals surface area contributed by atoms with Crippen molar-refractivity contribution in [2.75, 3.05) is 0 Å². The van der Waals surface area contributed by atoms with Crippen molar-refractivity contribution in [2.45, 2.75) is 19.3 Å². The van der Waals surface area contributed by atoms with Crippen LogP contribution in [0.4, 0.5) is 8.78 Å². The number of hydrogen-bond acceptors (Lipinski definition) is 5. The van der Waals surface area contributed by atoms with Gasteiger partial charge in [-0.3, -0.25) is 4.79 Å². The van der Waals surface area contributed by atoms with Crippen molar-refractivity contribution in [3.63, 3.8) is 0 Å². The van der Waals surface area contributed by atoms with Crippen LogP contribution in [0.2, 0.25) is 0 Å². The first kappa shape index (κ1) is 18.0. The SMILES string of the molecule is C=C(C#N)Cc1cccc(Oc2nc(C(C)(F)F)ncc2C(N)=O)c1. The molecule has 2 aromatic rings. The van der Waals surface area contributed by atoms with Crippen molar-refractivity contribution in [3.05, 3.63) is 59.6 Å². The van der Waals surface area contributed by atoms with Crippen LogP contribution in [-0.2, 0) is 12.3 Å². The fourth-order valence-corrected chi connectivity index (χ4v) is 1.94. The molecule has 1 aromatic carbocycles. The maximum absolute atomic E-state index is 13.4. The Balaban J connectivity index is 2.39. The Labute approximate surface area is 142 Å². The fraction of sp³-hybridized carbons (Fsp3) is 0.176. The number of alkyl halides is 2. The fourth-order valence-electron chi connectivity index (χ4n) is 1.94. The molecule has 0 aliphatic carbocycles. The molecule has 0 aliphatic heterocycles. The van der Waals surface area contributed by atoms with E-state index < -0.39 is 17.7 Å². The number of ether oxygens (including phenoxy) is 1. The molecule has 8 heteroatoms. The van der Waals surface area contributed by atoms with Gasteiger partial charge in [-0.05, 0) is 17.7 Å². The van der Waals surface area contributed by atoms with Gasteiger partial charge in [0.25, 0.3) is 5.91 Å². The molecule has 0 fully saturated rings. The van der Waals surface area contributed by atoms with E-state index >= 15 is 0 Å². The standard InChI is InChI=1S/C17H14F2N4O2/c1-10(8-20)6-11-4-3-5-12(7-11)25-15-13(14(21)24)9-22-16(23-15)17(2,18)19/h3-5,7,9H,1,6H2,2H3,(H2,21,24). The van der Waals surface area contributed by atoms with Crippen LogP contribution in [0.1, 0.15) is 28.7 Å². The normalized spacial score (nSPS) is 10.8. The lowest BCUT2D eigenvalue weighted by atomic mass is 10.1.